The Balaban J connectivity index is 1.19. The van der Waals surface area contributed by atoms with Crippen LogP contribution in [-0.2, 0) is 10.8 Å². The van der Waals surface area contributed by atoms with E-state index in [0.29, 0.717) is 0 Å². The number of aromatic nitrogens is 1. The lowest BCUT2D eigenvalue weighted by molar-refractivity contribution is 0.660. The highest BCUT2D eigenvalue weighted by atomic mass is 15.2. The Labute approximate surface area is 328 Å². The molecule has 0 N–H and O–H groups in total. The lowest BCUT2D eigenvalue weighted by Crippen LogP contribution is -2.18. The molecule has 268 valence electrons. The quantitative estimate of drug-likeness (QED) is 0.172. The molecule has 2 heteroatoms. The number of benzene rings is 8. The first-order valence-electron chi connectivity index (χ1n) is 19.8. The molecule has 0 bridgehead atoms. The van der Waals surface area contributed by atoms with E-state index in [1.807, 2.05) is 0 Å². The van der Waals surface area contributed by atoms with E-state index in [9.17, 15) is 0 Å². The van der Waals surface area contributed by atoms with Gasteiger partial charge in [0, 0.05) is 33.0 Å². The summed E-state index contributed by atoms with van der Waals surface area (Å²) in [6.45, 7) is 9.50. The van der Waals surface area contributed by atoms with Crippen molar-refractivity contribution in [1.29, 1.82) is 0 Å². The van der Waals surface area contributed by atoms with Crippen molar-refractivity contribution in [3.8, 4) is 39.1 Å². The van der Waals surface area contributed by atoms with Crippen molar-refractivity contribution in [2.75, 3.05) is 4.90 Å². The van der Waals surface area contributed by atoms with Gasteiger partial charge in [-0.25, -0.2) is 0 Å². The molecular formula is C54H42N2. The summed E-state index contributed by atoms with van der Waals surface area (Å²) in [5, 5.41) is 2.51. The molecule has 1 aromatic heterocycles. The molecule has 0 aliphatic heterocycles. The molecule has 2 nitrogen and oxygen atoms in total. The molecule has 8 aromatic carbocycles. The molecule has 0 radical (unpaired) electrons. The Morgan fingerprint density at radius 2 is 0.946 bits per heavy atom. The zero-order valence-electron chi connectivity index (χ0n) is 32.2. The zero-order valence-corrected chi connectivity index (χ0v) is 32.2. The van der Waals surface area contributed by atoms with E-state index in [1.54, 1.807) is 0 Å². The van der Waals surface area contributed by atoms with Crippen LogP contribution < -0.4 is 4.90 Å². The third kappa shape index (κ3) is 4.56. The minimum atomic E-state index is -0.136. The fourth-order valence-electron chi connectivity index (χ4n) is 10.1. The number of anilines is 3. The Morgan fingerprint density at radius 3 is 1.73 bits per heavy atom. The van der Waals surface area contributed by atoms with E-state index < -0.39 is 0 Å². The predicted octanol–water partition coefficient (Wildman–Crippen LogP) is 14.5. The fourth-order valence-corrected chi connectivity index (χ4v) is 10.1. The van der Waals surface area contributed by atoms with Crippen LogP contribution in [0.15, 0.2) is 182 Å². The lowest BCUT2D eigenvalue weighted by Gasteiger charge is -2.31. The summed E-state index contributed by atoms with van der Waals surface area (Å²) in [6.07, 6.45) is 0. The average molecular weight is 719 g/mol. The number of para-hydroxylation sites is 4. The molecule has 0 saturated heterocycles. The number of fused-ring (bicyclic) bond motifs is 9. The van der Waals surface area contributed by atoms with Gasteiger partial charge < -0.3 is 9.47 Å². The van der Waals surface area contributed by atoms with Crippen molar-refractivity contribution in [3.05, 3.63) is 204 Å². The van der Waals surface area contributed by atoms with Crippen LogP contribution in [0, 0.1) is 0 Å². The van der Waals surface area contributed by atoms with E-state index in [0.717, 1.165) is 22.7 Å². The van der Waals surface area contributed by atoms with Crippen molar-refractivity contribution in [2.24, 2.45) is 0 Å². The molecule has 0 atom stereocenters. The molecule has 9 aromatic rings. The molecule has 2 aliphatic rings. The van der Waals surface area contributed by atoms with Gasteiger partial charge in [0.2, 0.25) is 0 Å². The van der Waals surface area contributed by atoms with Gasteiger partial charge in [0.15, 0.2) is 0 Å². The third-order valence-electron chi connectivity index (χ3n) is 12.8. The monoisotopic (exact) mass is 718 g/mol. The van der Waals surface area contributed by atoms with Gasteiger partial charge in [-0.2, -0.15) is 0 Å². The van der Waals surface area contributed by atoms with E-state index >= 15 is 0 Å². The molecule has 0 fully saturated rings. The van der Waals surface area contributed by atoms with Crippen molar-refractivity contribution in [1.82, 2.24) is 4.57 Å². The molecule has 0 unspecified atom stereocenters. The molecule has 11 rings (SSSR count). The molecular weight excluding hydrogens is 677 g/mol. The number of hydrogen-bond donors (Lipinski definition) is 0. The van der Waals surface area contributed by atoms with Gasteiger partial charge in [-0.3, -0.25) is 0 Å². The van der Waals surface area contributed by atoms with Crippen LogP contribution in [0.5, 0.6) is 0 Å². The maximum Gasteiger partial charge on any atom is 0.0702 e. The Kier molecular flexibility index (Phi) is 6.98. The summed E-state index contributed by atoms with van der Waals surface area (Å²) in [5.41, 5.74) is 20.0. The Hall–Kier alpha value is -6.64. The summed E-state index contributed by atoms with van der Waals surface area (Å²) in [7, 11) is 0. The Morgan fingerprint density at radius 1 is 0.393 bits per heavy atom. The van der Waals surface area contributed by atoms with Gasteiger partial charge in [-0.1, -0.05) is 161 Å². The maximum atomic E-state index is 2.51. The smallest absolute Gasteiger partial charge is 0.0702 e. The summed E-state index contributed by atoms with van der Waals surface area (Å²) in [6, 6.07) is 67.6. The van der Waals surface area contributed by atoms with Crippen LogP contribution >= 0.6 is 0 Å². The topological polar surface area (TPSA) is 8.17 Å². The van der Waals surface area contributed by atoms with Crippen LogP contribution in [0.4, 0.5) is 17.1 Å². The Bertz CT molecular complexity index is 2980. The van der Waals surface area contributed by atoms with Crippen molar-refractivity contribution >= 4 is 38.9 Å². The van der Waals surface area contributed by atoms with Gasteiger partial charge in [0.25, 0.3) is 0 Å². The molecule has 56 heavy (non-hydrogen) atoms. The standard InChI is InChI=1S/C54H42N2/c1-53(2)45-32-30-36(33-43(45)52-38(22-16-24-46(52)53)35-17-6-5-7-18-35)55(37-29-31-40-39-19-8-11-23-44(39)54(3,4)47(40)34-37)50-27-14-15-28-51(50)56-48-25-12-9-20-41(48)42-21-10-13-26-49(42)56/h5-34H,1-4H3. The third-order valence-corrected chi connectivity index (χ3v) is 12.8. The summed E-state index contributed by atoms with van der Waals surface area (Å²) in [5.74, 6) is 0. The highest BCUT2D eigenvalue weighted by Crippen LogP contribution is 2.55. The maximum absolute atomic E-state index is 2.51. The second kappa shape index (κ2) is 11.9. The highest BCUT2D eigenvalue weighted by Gasteiger charge is 2.39. The van der Waals surface area contributed by atoms with Crippen molar-refractivity contribution in [2.45, 2.75) is 38.5 Å². The van der Waals surface area contributed by atoms with E-state index in [-0.39, 0.29) is 10.8 Å². The van der Waals surface area contributed by atoms with Gasteiger partial charge in [-0.15, -0.1) is 0 Å². The molecule has 1 heterocycles. The van der Waals surface area contributed by atoms with Gasteiger partial charge in [0.05, 0.1) is 22.4 Å². The first kappa shape index (κ1) is 32.8. The van der Waals surface area contributed by atoms with Gasteiger partial charge in [-0.05, 0) is 104 Å². The van der Waals surface area contributed by atoms with E-state index in [2.05, 4.69) is 219 Å². The molecule has 0 spiro atoms. The molecule has 2 aliphatic carbocycles. The fraction of sp³-hybridized carbons (Fsp3) is 0.111. The summed E-state index contributed by atoms with van der Waals surface area (Å²) < 4.78 is 2.46. The van der Waals surface area contributed by atoms with E-state index in [1.165, 1.54) is 77.4 Å². The van der Waals surface area contributed by atoms with Crippen LogP contribution in [-0.4, -0.2) is 4.57 Å². The summed E-state index contributed by atoms with van der Waals surface area (Å²) in [4.78, 5) is 2.51. The zero-order chi connectivity index (χ0) is 37.8. The van der Waals surface area contributed by atoms with Crippen molar-refractivity contribution in [3.63, 3.8) is 0 Å². The highest BCUT2D eigenvalue weighted by molar-refractivity contribution is 6.10. The van der Waals surface area contributed by atoms with Crippen LogP contribution in [0.1, 0.15) is 49.9 Å². The number of nitrogens with zero attached hydrogens (tertiary/aromatic N) is 2. The normalized spacial score (nSPS) is 14.4. The SMILES string of the molecule is CC1(C)c2ccccc2-c2ccc(N(c3ccc4c(c3)-c3c(-c5ccccc5)cccc3C4(C)C)c3ccccc3-n3c4ccccc4c4ccccc43)cc21. The van der Waals surface area contributed by atoms with Gasteiger partial charge >= 0.3 is 0 Å². The molecule has 0 saturated carbocycles. The first-order valence-corrected chi connectivity index (χ1v) is 19.8. The largest absolute Gasteiger partial charge is 0.308 e. The van der Waals surface area contributed by atoms with Gasteiger partial charge in [0.1, 0.15) is 0 Å². The molecule has 0 amide bonds. The van der Waals surface area contributed by atoms with Crippen molar-refractivity contribution < 1.29 is 0 Å². The van der Waals surface area contributed by atoms with E-state index in [4.69, 9.17) is 0 Å². The predicted molar refractivity (Wildman–Crippen MR) is 236 cm³/mol. The minimum absolute atomic E-state index is 0.133. The first-order chi connectivity index (χ1) is 27.3. The average Bonchev–Trinajstić information content (AvgIpc) is 3.78. The minimum Gasteiger partial charge on any atom is -0.308 e. The lowest BCUT2D eigenvalue weighted by atomic mass is 9.82. The number of hydrogen-bond acceptors (Lipinski definition) is 1. The number of rotatable bonds is 5. The summed E-state index contributed by atoms with van der Waals surface area (Å²) >= 11 is 0. The van der Waals surface area contributed by atoms with Crippen LogP contribution in [0.25, 0.3) is 60.9 Å². The second-order valence-corrected chi connectivity index (χ2v) is 16.5. The van der Waals surface area contributed by atoms with Crippen LogP contribution in [0.3, 0.4) is 0 Å². The second-order valence-electron chi connectivity index (χ2n) is 16.5. The van der Waals surface area contributed by atoms with Crippen LogP contribution in [0.2, 0.25) is 0 Å².